The number of anilines is 2. The number of amides is 1. The van der Waals surface area contributed by atoms with Gasteiger partial charge in [0.25, 0.3) is 0 Å². The van der Waals surface area contributed by atoms with E-state index in [1.165, 1.54) is 12.1 Å². The van der Waals surface area contributed by atoms with Crippen molar-refractivity contribution in [1.29, 1.82) is 0 Å². The number of rotatable bonds is 4. The zero-order chi connectivity index (χ0) is 16.3. The standard InChI is InChI=1S/C16H23FN2O3/c1-16(2,3)22-10-12(20)9-19-7-6-15(21)18-13-8-11(17)4-5-14(13)19/h4-5,8,12,20H,6-7,9-10H2,1-3H3,(H,18,21). The zero-order valence-corrected chi connectivity index (χ0v) is 13.2. The summed E-state index contributed by atoms with van der Waals surface area (Å²) < 4.78 is 18.9. The number of aliphatic hydroxyl groups is 1. The van der Waals surface area contributed by atoms with Crippen molar-refractivity contribution in [3.05, 3.63) is 24.0 Å². The molecular weight excluding hydrogens is 287 g/mol. The van der Waals surface area contributed by atoms with E-state index >= 15 is 0 Å². The highest BCUT2D eigenvalue weighted by Crippen LogP contribution is 2.29. The monoisotopic (exact) mass is 310 g/mol. The molecule has 0 bridgehead atoms. The van der Waals surface area contributed by atoms with E-state index < -0.39 is 11.9 Å². The topological polar surface area (TPSA) is 61.8 Å². The predicted molar refractivity (Wildman–Crippen MR) is 83.6 cm³/mol. The Labute approximate surface area is 130 Å². The van der Waals surface area contributed by atoms with Crippen LogP contribution in [0, 0.1) is 5.82 Å². The summed E-state index contributed by atoms with van der Waals surface area (Å²) in [7, 11) is 0. The summed E-state index contributed by atoms with van der Waals surface area (Å²) in [6.07, 6.45) is -0.395. The van der Waals surface area contributed by atoms with Crippen molar-refractivity contribution >= 4 is 17.3 Å². The fraction of sp³-hybridized carbons (Fsp3) is 0.562. The highest BCUT2D eigenvalue weighted by molar-refractivity contribution is 5.96. The lowest BCUT2D eigenvalue weighted by molar-refractivity contribution is -0.116. The lowest BCUT2D eigenvalue weighted by Crippen LogP contribution is -2.37. The van der Waals surface area contributed by atoms with Crippen LogP contribution in [-0.4, -0.2) is 42.4 Å². The van der Waals surface area contributed by atoms with Crippen LogP contribution in [0.5, 0.6) is 0 Å². The molecule has 2 N–H and O–H groups in total. The van der Waals surface area contributed by atoms with E-state index in [1.807, 2.05) is 25.7 Å². The number of halogens is 1. The van der Waals surface area contributed by atoms with Crippen molar-refractivity contribution in [2.75, 3.05) is 29.9 Å². The molecule has 122 valence electrons. The van der Waals surface area contributed by atoms with Crippen LogP contribution in [0.25, 0.3) is 0 Å². The Kier molecular flexibility index (Phi) is 5.03. The summed E-state index contributed by atoms with van der Waals surface area (Å²) in [4.78, 5) is 13.6. The van der Waals surface area contributed by atoms with Crippen molar-refractivity contribution in [3.8, 4) is 0 Å². The summed E-state index contributed by atoms with van der Waals surface area (Å²) in [5.41, 5.74) is 0.826. The van der Waals surface area contributed by atoms with Crippen molar-refractivity contribution in [3.63, 3.8) is 0 Å². The predicted octanol–water partition coefficient (Wildman–Crippen LogP) is 2.15. The first-order chi connectivity index (χ1) is 10.2. The van der Waals surface area contributed by atoms with Gasteiger partial charge in [0.1, 0.15) is 5.82 Å². The molecule has 0 saturated heterocycles. The maximum Gasteiger partial charge on any atom is 0.226 e. The van der Waals surface area contributed by atoms with Crippen molar-refractivity contribution in [1.82, 2.24) is 0 Å². The number of hydrogen-bond acceptors (Lipinski definition) is 4. The molecule has 22 heavy (non-hydrogen) atoms. The van der Waals surface area contributed by atoms with Gasteiger partial charge in [-0.05, 0) is 39.0 Å². The molecule has 0 saturated carbocycles. The van der Waals surface area contributed by atoms with Crippen LogP contribution < -0.4 is 10.2 Å². The highest BCUT2D eigenvalue weighted by Gasteiger charge is 2.22. The Morgan fingerprint density at radius 3 is 2.86 bits per heavy atom. The van der Waals surface area contributed by atoms with E-state index in [4.69, 9.17) is 4.74 Å². The van der Waals surface area contributed by atoms with Crippen LogP contribution in [0.15, 0.2) is 18.2 Å². The number of carbonyl (C=O) groups excluding carboxylic acids is 1. The first kappa shape index (κ1) is 16.7. The second-order valence-electron chi connectivity index (χ2n) is 6.48. The maximum absolute atomic E-state index is 13.4. The van der Waals surface area contributed by atoms with E-state index in [1.54, 1.807) is 6.07 Å². The largest absolute Gasteiger partial charge is 0.389 e. The molecule has 0 fully saturated rings. The number of ether oxygens (including phenoxy) is 1. The molecule has 1 aliphatic rings. The minimum absolute atomic E-state index is 0.158. The molecule has 1 unspecified atom stereocenters. The minimum atomic E-state index is -0.690. The van der Waals surface area contributed by atoms with Crippen molar-refractivity contribution in [2.45, 2.75) is 38.9 Å². The lowest BCUT2D eigenvalue weighted by atomic mass is 10.2. The molecule has 1 amide bonds. The lowest BCUT2D eigenvalue weighted by Gasteiger charge is -2.28. The van der Waals surface area contributed by atoms with E-state index in [9.17, 15) is 14.3 Å². The van der Waals surface area contributed by atoms with E-state index in [0.717, 1.165) is 0 Å². The van der Waals surface area contributed by atoms with E-state index in [0.29, 0.717) is 30.9 Å². The Bertz CT molecular complexity index is 543. The third kappa shape index (κ3) is 4.68. The molecule has 6 heteroatoms. The number of carbonyl (C=O) groups is 1. The number of nitrogens with zero attached hydrogens (tertiary/aromatic N) is 1. The van der Waals surface area contributed by atoms with Gasteiger partial charge in [-0.2, -0.15) is 0 Å². The molecule has 0 aromatic heterocycles. The summed E-state index contributed by atoms with van der Waals surface area (Å²) in [6, 6.07) is 4.26. The van der Waals surface area contributed by atoms with Gasteiger partial charge in [-0.3, -0.25) is 4.79 Å². The Morgan fingerprint density at radius 2 is 2.18 bits per heavy atom. The van der Waals surface area contributed by atoms with Crippen molar-refractivity contribution in [2.24, 2.45) is 0 Å². The zero-order valence-electron chi connectivity index (χ0n) is 13.2. The van der Waals surface area contributed by atoms with Gasteiger partial charge >= 0.3 is 0 Å². The summed E-state index contributed by atoms with van der Waals surface area (Å²) in [5, 5.41) is 12.8. The average Bonchev–Trinajstić information content (AvgIpc) is 2.55. The Hall–Kier alpha value is -1.66. The van der Waals surface area contributed by atoms with Crippen LogP contribution in [0.3, 0.4) is 0 Å². The van der Waals surface area contributed by atoms with Gasteiger partial charge in [0.2, 0.25) is 5.91 Å². The fourth-order valence-electron chi connectivity index (χ4n) is 2.30. The van der Waals surface area contributed by atoms with E-state index in [2.05, 4.69) is 5.32 Å². The van der Waals surface area contributed by atoms with E-state index in [-0.39, 0.29) is 18.1 Å². The summed E-state index contributed by atoms with van der Waals surface area (Å²) >= 11 is 0. The molecule has 2 rings (SSSR count). The van der Waals surface area contributed by atoms with Gasteiger partial charge < -0.3 is 20.1 Å². The Balaban J connectivity index is 2.09. The first-order valence-corrected chi connectivity index (χ1v) is 7.41. The number of fused-ring (bicyclic) bond motifs is 1. The molecule has 1 aromatic carbocycles. The summed E-state index contributed by atoms with van der Waals surface area (Å²) in [5.74, 6) is -0.563. The SMILES string of the molecule is CC(C)(C)OCC(O)CN1CCC(=O)Nc2cc(F)ccc21. The van der Waals surface area contributed by atoms with Crippen LogP contribution in [-0.2, 0) is 9.53 Å². The Morgan fingerprint density at radius 1 is 1.45 bits per heavy atom. The van der Waals surface area contributed by atoms with Crippen LogP contribution in [0.1, 0.15) is 27.2 Å². The second kappa shape index (κ2) is 6.62. The van der Waals surface area contributed by atoms with Gasteiger partial charge in [0.15, 0.2) is 0 Å². The number of hydrogen-bond donors (Lipinski definition) is 2. The van der Waals surface area contributed by atoms with Gasteiger partial charge in [-0.15, -0.1) is 0 Å². The minimum Gasteiger partial charge on any atom is -0.389 e. The molecule has 0 spiro atoms. The third-order valence-electron chi connectivity index (χ3n) is 3.32. The maximum atomic E-state index is 13.4. The first-order valence-electron chi connectivity index (χ1n) is 7.41. The molecule has 1 atom stereocenters. The molecule has 1 aliphatic heterocycles. The van der Waals surface area contributed by atoms with Gasteiger partial charge in [-0.25, -0.2) is 4.39 Å². The summed E-state index contributed by atoms with van der Waals surface area (Å²) in [6.45, 7) is 6.77. The van der Waals surface area contributed by atoms with Gasteiger partial charge in [-0.1, -0.05) is 0 Å². The molecule has 0 radical (unpaired) electrons. The smallest absolute Gasteiger partial charge is 0.226 e. The number of β-amino-alcohol motifs (C(OH)–C–C–N with tert-alkyl or cyclic N) is 1. The van der Waals surface area contributed by atoms with Crippen LogP contribution >= 0.6 is 0 Å². The van der Waals surface area contributed by atoms with Crippen LogP contribution in [0.4, 0.5) is 15.8 Å². The number of benzene rings is 1. The molecule has 1 aromatic rings. The molecule has 0 aliphatic carbocycles. The van der Waals surface area contributed by atoms with Gasteiger partial charge in [0.05, 0.1) is 29.7 Å². The van der Waals surface area contributed by atoms with Gasteiger partial charge in [0, 0.05) is 19.5 Å². The molecule has 1 heterocycles. The number of nitrogens with one attached hydrogen (secondary N) is 1. The third-order valence-corrected chi connectivity index (χ3v) is 3.32. The van der Waals surface area contributed by atoms with Crippen molar-refractivity contribution < 1.29 is 19.0 Å². The van der Waals surface area contributed by atoms with Crippen LogP contribution in [0.2, 0.25) is 0 Å². The highest BCUT2D eigenvalue weighted by atomic mass is 19.1. The molecule has 5 nitrogen and oxygen atoms in total. The number of aliphatic hydroxyl groups excluding tert-OH is 1. The fourth-order valence-corrected chi connectivity index (χ4v) is 2.30. The quantitative estimate of drug-likeness (QED) is 0.894. The average molecular weight is 310 g/mol. The normalized spacial score (nSPS) is 16.8. The molecular formula is C16H23FN2O3. The second-order valence-corrected chi connectivity index (χ2v) is 6.48.